The first-order chi connectivity index (χ1) is 8.85. The number of amides is 1. The zero-order chi connectivity index (χ0) is 14.0. The number of benzene rings is 1. The SMILES string of the molecule is CC(C)(C)NC(=O)CN1CCc2cccc(N)c2C1. The van der Waals surface area contributed by atoms with Gasteiger partial charge in [-0.3, -0.25) is 9.69 Å². The second-order valence-electron chi connectivity index (χ2n) is 6.24. The Morgan fingerprint density at radius 1 is 1.42 bits per heavy atom. The van der Waals surface area contributed by atoms with Crippen molar-refractivity contribution >= 4 is 11.6 Å². The summed E-state index contributed by atoms with van der Waals surface area (Å²) in [6.07, 6.45) is 0.961. The Bertz CT molecular complexity index is 477. The monoisotopic (exact) mass is 261 g/mol. The maximum atomic E-state index is 11.9. The molecule has 4 nitrogen and oxygen atoms in total. The molecule has 1 aliphatic rings. The van der Waals surface area contributed by atoms with Crippen molar-refractivity contribution in [1.82, 2.24) is 10.2 Å². The van der Waals surface area contributed by atoms with Crippen molar-refractivity contribution in [2.75, 3.05) is 18.8 Å². The first-order valence-electron chi connectivity index (χ1n) is 6.75. The summed E-state index contributed by atoms with van der Waals surface area (Å²) in [6, 6.07) is 6.05. The number of carbonyl (C=O) groups is 1. The molecule has 0 aromatic heterocycles. The molecule has 104 valence electrons. The Kier molecular flexibility index (Phi) is 3.80. The summed E-state index contributed by atoms with van der Waals surface area (Å²) >= 11 is 0. The molecule has 0 aliphatic carbocycles. The van der Waals surface area contributed by atoms with E-state index in [4.69, 9.17) is 5.73 Å². The Labute approximate surface area is 115 Å². The average Bonchev–Trinajstić information content (AvgIpc) is 2.27. The molecule has 1 aliphatic heterocycles. The highest BCUT2D eigenvalue weighted by Gasteiger charge is 2.21. The fraction of sp³-hybridized carbons (Fsp3) is 0.533. The van der Waals surface area contributed by atoms with Gasteiger partial charge in [0.25, 0.3) is 0 Å². The van der Waals surface area contributed by atoms with E-state index in [-0.39, 0.29) is 11.4 Å². The molecule has 1 aromatic carbocycles. The number of nitrogen functional groups attached to an aromatic ring is 1. The molecular formula is C15H23N3O. The highest BCUT2D eigenvalue weighted by Crippen LogP contribution is 2.23. The lowest BCUT2D eigenvalue weighted by molar-refractivity contribution is -0.123. The van der Waals surface area contributed by atoms with Gasteiger partial charge in [0.15, 0.2) is 0 Å². The predicted molar refractivity (Wildman–Crippen MR) is 77.7 cm³/mol. The average molecular weight is 261 g/mol. The first kappa shape index (κ1) is 13.9. The van der Waals surface area contributed by atoms with Crippen LogP contribution in [0.4, 0.5) is 5.69 Å². The summed E-state index contributed by atoms with van der Waals surface area (Å²) in [6.45, 7) is 8.09. The van der Waals surface area contributed by atoms with Crippen molar-refractivity contribution in [2.24, 2.45) is 0 Å². The molecule has 0 spiro atoms. The standard InChI is InChI=1S/C15H23N3O/c1-15(2,3)17-14(19)10-18-8-7-11-5-4-6-13(16)12(11)9-18/h4-6H,7-10,16H2,1-3H3,(H,17,19). The van der Waals surface area contributed by atoms with Crippen molar-refractivity contribution in [2.45, 2.75) is 39.3 Å². The summed E-state index contributed by atoms with van der Waals surface area (Å²) in [5, 5.41) is 2.99. The van der Waals surface area contributed by atoms with Gasteiger partial charge in [0.1, 0.15) is 0 Å². The van der Waals surface area contributed by atoms with E-state index in [9.17, 15) is 4.79 Å². The number of nitrogens with zero attached hydrogens (tertiary/aromatic N) is 1. The molecule has 0 fully saturated rings. The van der Waals surface area contributed by atoms with Crippen LogP contribution in [0.1, 0.15) is 31.9 Å². The largest absolute Gasteiger partial charge is 0.398 e. The fourth-order valence-corrected chi connectivity index (χ4v) is 2.46. The molecule has 1 aromatic rings. The van der Waals surface area contributed by atoms with E-state index in [1.54, 1.807) is 0 Å². The van der Waals surface area contributed by atoms with Gasteiger partial charge < -0.3 is 11.1 Å². The maximum absolute atomic E-state index is 11.9. The predicted octanol–water partition coefficient (Wildman–Crippen LogP) is 1.54. The molecule has 1 amide bonds. The topological polar surface area (TPSA) is 58.4 Å². The Hall–Kier alpha value is -1.55. The summed E-state index contributed by atoms with van der Waals surface area (Å²) in [5.74, 6) is 0.0745. The second-order valence-corrected chi connectivity index (χ2v) is 6.24. The maximum Gasteiger partial charge on any atom is 0.234 e. The molecule has 0 atom stereocenters. The van der Waals surface area contributed by atoms with Gasteiger partial charge in [-0.1, -0.05) is 12.1 Å². The van der Waals surface area contributed by atoms with Crippen LogP contribution in [0.25, 0.3) is 0 Å². The minimum Gasteiger partial charge on any atom is -0.398 e. The van der Waals surface area contributed by atoms with E-state index in [1.807, 2.05) is 32.9 Å². The lowest BCUT2D eigenvalue weighted by Gasteiger charge is -2.30. The summed E-state index contributed by atoms with van der Waals surface area (Å²) < 4.78 is 0. The normalized spacial score (nSPS) is 15.9. The number of anilines is 1. The van der Waals surface area contributed by atoms with Crippen LogP contribution in [0.3, 0.4) is 0 Å². The third-order valence-electron chi connectivity index (χ3n) is 3.27. The van der Waals surface area contributed by atoms with Gasteiger partial charge in [-0.2, -0.15) is 0 Å². The number of hydrogen-bond donors (Lipinski definition) is 2. The van der Waals surface area contributed by atoms with Gasteiger partial charge in [-0.05, 0) is 44.4 Å². The van der Waals surface area contributed by atoms with Gasteiger partial charge >= 0.3 is 0 Å². The zero-order valence-electron chi connectivity index (χ0n) is 12.0. The number of carbonyl (C=O) groups excluding carboxylic acids is 1. The number of fused-ring (bicyclic) bond motifs is 1. The van der Waals surface area contributed by atoms with Crippen LogP contribution in [0.5, 0.6) is 0 Å². The molecule has 19 heavy (non-hydrogen) atoms. The van der Waals surface area contributed by atoms with Crippen LogP contribution in [0.15, 0.2) is 18.2 Å². The number of rotatable bonds is 2. The van der Waals surface area contributed by atoms with Crippen molar-refractivity contribution in [3.8, 4) is 0 Å². The Morgan fingerprint density at radius 2 is 2.16 bits per heavy atom. The lowest BCUT2D eigenvalue weighted by Crippen LogP contribution is -2.46. The Morgan fingerprint density at radius 3 is 2.84 bits per heavy atom. The number of nitrogens with two attached hydrogens (primary N) is 1. The van der Waals surface area contributed by atoms with Crippen LogP contribution >= 0.6 is 0 Å². The molecule has 1 heterocycles. The molecule has 2 rings (SSSR count). The second kappa shape index (κ2) is 5.21. The van der Waals surface area contributed by atoms with Crippen LogP contribution in [0, 0.1) is 0 Å². The van der Waals surface area contributed by atoms with Crippen LogP contribution < -0.4 is 11.1 Å². The summed E-state index contributed by atoms with van der Waals surface area (Å²) in [7, 11) is 0. The molecule has 0 bridgehead atoms. The first-order valence-corrected chi connectivity index (χ1v) is 6.75. The number of nitrogens with one attached hydrogen (secondary N) is 1. The molecular weight excluding hydrogens is 238 g/mol. The quantitative estimate of drug-likeness (QED) is 0.794. The van der Waals surface area contributed by atoms with E-state index >= 15 is 0 Å². The van der Waals surface area contributed by atoms with Crippen LogP contribution in [-0.4, -0.2) is 29.4 Å². The van der Waals surface area contributed by atoms with Crippen LogP contribution in [-0.2, 0) is 17.8 Å². The van der Waals surface area contributed by atoms with E-state index in [2.05, 4.69) is 16.3 Å². The van der Waals surface area contributed by atoms with E-state index in [0.717, 1.165) is 25.2 Å². The van der Waals surface area contributed by atoms with Crippen molar-refractivity contribution in [3.63, 3.8) is 0 Å². The van der Waals surface area contributed by atoms with E-state index in [1.165, 1.54) is 11.1 Å². The third-order valence-corrected chi connectivity index (χ3v) is 3.27. The third kappa shape index (κ3) is 3.70. The van der Waals surface area contributed by atoms with Gasteiger partial charge in [-0.25, -0.2) is 0 Å². The van der Waals surface area contributed by atoms with E-state index in [0.29, 0.717) is 6.54 Å². The summed E-state index contributed by atoms with van der Waals surface area (Å²) in [5.41, 5.74) is 9.15. The lowest BCUT2D eigenvalue weighted by atomic mass is 9.98. The van der Waals surface area contributed by atoms with Crippen molar-refractivity contribution in [3.05, 3.63) is 29.3 Å². The molecule has 0 saturated carbocycles. The summed E-state index contributed by atoms with van der Waals surface area (Å²) in [4.78, 5) is 14.1. The van der Waals surface area contributed by atoms with Crippen molar-refractivity contribution < 1.29 is 4.79 Å². The molecule has 0 radical (unpaired) electrons. The minimum atomic E-state index is -0.177. The van der Waals surface area contributed by atoms with E-state index < -0.39 is 0 Å². The van der Waals surface area contributed by atoms with Crippen LogP contribution in [0.2, 0.25) is 0 Å². The number of hydrogen-bond acceptors (Lipinski definition) is 3. The van der Waals surface area contributed by atoms with Gasteiger partial charge in [0.05, 0.1) is 6.54 Å². The zero-order valence-corrected chi connectivity index (χ0v) is 12.0. The molecule has 0 unspecified atom stereocenters. The Balaban J connectivity index is 1.99. The molecule has 0 saturated heterocycles. The van der Waals surface area contributed by atoms with Gasteiger partial charge in [0.2, 0.25) is 5.91 Å². The smallest absolute Gasteiger partial charge is 0.234 e. The highest BCUT2D eigenvalue weighted by atomic mass is 16.2. The molecule has 4 heteroatoms. The van der Waals surface area contributed by atoms with Gasteiger partial charge in [0, 0.05) is 24.3 Å². The van der Waals surface area contributed by atoms with Gasteiger partial charge in [-0.15, -0.1) is 0 Å². The van der Waals surface area contributed by atoms with Crippen molar-refractivity contribution in [1.29, 1.82) is 0 Å². The molecule has 3 N–H and O–H groups in total. The minimum absolute atomic E-state index is 0.0745. The highest BCUT2D eigenvalue weighted by molar-refractivity contribution is 5.78. The fourth-order valence-electron chi connectivity index (χ4n) is 2.46.